The normalized spacial score (nSPS) is 12.6. The Hall–Kier alpha value is -3.71. The van der Waals surface area contributed by atoms with E-state index in [2.05, 4.69) is 6.07 Å². The average molecular weight is 486 g/mol. The van der Waals surface area contributed by atoms with Crippen LogP contribution in [-0.2, 0) is 31.1 Å². The maximum atomic E-state index is 13.0. The molecule has 1 aliphatic rings. The third-order valence-corrected chi connectivity index (χ3v) is 7.38. The number of aromatic nitrogens is 2. The lowest BCUT2D eigenvalue weighted by Gasteiger charge is -2.18. The van der Waals surface area contributed by atoms with Gasteiger partial charge in [0.15, 0.2) is 0 Å². The van der Waals surface area contributed by atoms with Crippen LogP contribution in [0.15, 0.2) is 60.8 Å². The van der Waals surface area contributed by atoms with E-state index < -0.39 is 0 Å². The van der Waals surface area contributed by atoms with Gasteiger partial charge in [-0.05, 0) is 60.9 Å². The van der Waals surface area contributed by atoms with E-state index in [0.29, 0.717) is 25.1 Å². The molecule has 0 N–H and O–H groups in total. The first-order chi connectivity index (χ1) is 16.9. The summed E-state index contributed by atoms with van der Waals surface area (Å²) >= 11 is 1.57. The molecule has 2 aromatic carbocycles. The molecule has 0 aliphatic carbocycles. The van der Waals surface area contributed by atoms with Crippen molar-refractivity contribution in [1.29, 1.82) is 0 Å². The van der Waals surface area contributed by atoms with Gasteiger partial charge in [0, 0.05) is 42.3 Å². The number of ketones is 1. The van der Waals surface area contributed by atoms with Gasteiger partial charge in [-0.1, -0.05) is 18.2 Å². The lowest BCUT2D eigenvalue weighted by atomic mass is 10.1. The molecule has 3 heterocycles. The van der Waals surface area contributed by atoms with Crippen LogP contribution in [0.1, 0.15) is 31.5 Å². The van der Waals surface area contributed by atoms with Gasteiger partial charge in [-0.25, -0.2) is 4.98 Å². The molecular weight excluding hydrogens is 458 g/mol. The van der Waals surface area contributed by atoms with Crippen molar-refractivity contribution in [2.45, 2.75) is 26.2 Å². The molecule has 0 unspecified atom stereocenters. The number of nitrogens with zero attached hydrogens (tertiary/aromatic N) is 3. The van der Waals surface area contributed by atoms with Crippen molar-refractivity contribution in [3.63, 3.8) is 0 Å². The number of carbonyl (C=O) groups is 2. The van der Waals surface area contributed by atoms with Crippen LogP contribution in [0.2, 0.25) is 0 Å². The molecule has 0 fully saturated rings. The summed E-state index contributed by atoms with van der Waals surface area (Å²) < 4.78 is 7.03. The van der Waals surface area contributed by atoms with Gasteiger partial charge in [-0.2, -0.15) is 0 Å². The second kappa shape index (κ2) is 9.50. The highest BCUT2D eigenvalue weighted by Crippen LogP contribution is 2.35. The summed E-state index contributed by atoms with van der Waals surface area (Å²) in [7, 11) is 3.52. The lowest BCUT2D eigenvalue weighted by molar-refractivity contribution is -0.117. The van der Waals surface area contributed by atoms with E-state index in [4.69, 9.17) is 9.72 Å². The highest BCUT2D eigenvalue weighted by atomic mass is 32.1. The fourth-order valence-corrected chi connectivity index (χ4v) is 5.56. The molecule has 0 spiro atoms. The van der Waals surface area contributed by atoms with Gasteiger partial charge in [0.1, 0.15) is 22.2 Å². The summed E-state index contributed by atoms with van der Waals surface area (Å²) in [5.74, 6) is 0.939. The highest BCUT2D eigenvalue weighted by Gasteiger charge is 2.27. The number of methoxy groups -OCH3 is 1. The van der Waals surface area contributed by atoms with Crippen molar-refractivity contribution in [3.05, 3.63) is 87.5 Å². The predicted octanol–water partition coefficient (Wildman–Crippen LogP) is 5.02. The fraction of sp³-hybridized carbons (Fsp3) is 0.250. The minimum atomic E-state index is 0.0199. The third kappa shape index (κ3) is 4.64. The number of benzene rings is 2. The molecule has 0 radical (unpaired) electrons. The number of anilines is 1. The number of Topliss-reactive ketones (excluding diaryl/α,β-unsaturated/α-hetero) is 1. The Labute approximate surface area is 208 Å². The Morgan fingerprint density at radius 3 is 2.60 bits per heavy atom. The van der Waals surface area contributed by atoms with E-state index in [1.54, 1.807) is 18.4 Å². The van der Waals surface area contributed by atoms with E-state index in [1.807, 2.05) is 78.2 Å². The first kappa shape index (κ1) is 23.1. The Bertz CT molecular complexity index is 1400. The van der Waals surface area contributed by atoms with Crippen molar-refractivity contribution in [3.8, 4) is 17.0 Å². The second-order valence-electron chi connectivity index (χ2n) is 8.81. The van der Waals surface area contributed by atoms with Crippen molar-refractivity contribution in [2.24, 2.45) is 7.05 Å². The molecule has 1 amide bonds. The van der Waals surface area contributed by atoms with Crippen LogP contribution in [0.5, 0.6) is 5.75 Å². The van der Waals surface area contributed by atoms with Gasteiger partial charge < -0.3 is 14.2 Å². The van der Waals surface area contributed by atoms with Crippen LogP contribution in [0.25, 0.3) is 11.3 Å². The van der Waals surface area contributed by atoms with Crippen LogP contribution < -0.4 is 9.64 Å². The molecular formula is C28H27N3O3S. The number of hydrogen-bond acceptors (Lipinski definition) is 5. The van der Waals surface area contributed by atoms with Crippen molar-refractivity contribution in [1.82, 2.24) is 9.55 Å². The molecule has 7 heteroatoms. The highest BCUT2D eigenvalue weighted by molar-refractivity contribution is 7.12. The zero-order chi connectivity index (χ0) is 24.5. The maximum absolute atomic E-state index is 13.0. The number of aryl methyl sites for hydroxylation is 2. The molecule has 6 nitrogen and oxygen atoms in total. The summed E-state index contributed by atoms with van der Waals surface area (Å²) in [4.78, 5) is 33.4. The number of ether oxygens (including phenoxy) is 1. The minimum absolute atomic E-state index is 0.0199. The first-order valence-electron chi connectivity index (χ1n) is 11.6. The van der Waals surface area contributed by atoms with Crippen LogP contribution in [0.4, 0.5) is 5.69 Å². The van der Waals surface area contributed by atoms with Crippen molar-refractivity contribution < 1.29 is 14.3 Å². The monoisotopic (exact) mass is 485 g/mol. The van der Waals surface area contributed by atoms with Gasteiger partial charge in [-0.15, -0.1) is 11.3 Å². The second-order valence-corrected chi connectivity index (χ2v) is 10.1. The lowest BCUT2D eigenvalue weighted by Crippen LogP contribution is -2.30. The smallest absolute Gasteiger partial charge is 0.274 e. The fourth-order valence-electron chi connectivity index (χ4n) is 4.58. The standard InChI is InChI=1S/C28H27N3O3S/c1-18-27(29-26(35-18)17-22(32)15-19-6-9-23(34-3)10-7-19)21-8-11-24-20(16-21)12-14-31(24)28(33)25-5-4-13-30(25)2/h4-11,13,16H,12,14-15,17H2,1-3H3. The molecule has 35 heavy (non-hydrogen) atoms. The molecule has 4 aromatic rings. The molecule has 178 valence electrons. The van der Waals surface area contributed by atoms with E-state index in [-0.39, 0.29) is 11.7 Å². The summed E-state index contributed by atoms with van der Waals surface area (Å²) in [6, 6.07) is 17.5. The van der Waals surface area contributed by atoms with Crippen molar-refractivity contribution >= 4 is 28.7 Å². The van der Waals surface area contributed by atoms with Gasteiger partial charge in [0.05, 0.1) is 19.2 Å². The largest absolute Gasteiger partial charge is 0.497 e. The van der Waals surface area contributed by atoms with Gasteiger partial charge in [0.2, 0.25) is 0 Å². The number of hydrogen-bond donors (Lipinski definition) is 0. The molecule has 1 aliphatic heterocycles. The van der Waals surface area contributed by atoms with Crippen LogP contribution >= 0.6 is 11.3 Å². The van der Waals surface area contributed by atoms with Crippen LogP contribution in [0, 0.1) is 6.92 Å². The number of amides is 1. The molecule has 0 saturated carbocycles. The van der Waals surface area contributed by atoms with Gasteiger partial charge in [-0.3, -0.25) is 9.59 Å². The number of carbonyl (C=O) groups excluding carboxylic acids is 2. The zero-order valence-electron chi connectivity index (χ0n) is 20.1. The van der Waals surface area contributed by atoms with E-state index in [1.165, 1.54) is 0 Å². The molecule has 0 saturated heterocycles. The quantitative estimate of drug-likeness (QED) is 0.369. The number of thiazole rings is 1. The van der Waals surface area contributed by atoms with E-state index >= 15 is 0 Å². The Kier molecular flexibility index (Phi) is 6.26. The third-order valence-electron chi connectivity index (χ3n) is 6.41. The minimum Gasteiger partial charge on any atom is -0.497 e. The Morgan fingerprint density at radius 2 is 1.89 bits per heavy atom. The SMILES string of the molecule is COc1ccc(CC(=O)Cc2nc(-c3ccc4c(c3)CCN4C(=O)c3cccn3C)c(C)s2)cc1. The summed E-state index contributed by atoms with van der Waals surface area (Å²) in [5, 5.41) is 0.831. The van der Waals surface area contributed by atoms with Crippen LogP contribution in [0.3, 0.4) is 0 Å². The molecule has 5 rings (SSSR count). The Morgan fingerprint density at radius 1 is 1.09 bits per heavy atom. The molecule has 0 bridgehead atoms. The van der Waals surface area contributed by atoms with E-state index in [0.717, 1.165) is 50.1 Å². The first-order valence-corrected chi connectivity index (χ1v) is 12.4. The van der Waals surface area contributed by atoms with Crippen LogP contribution in [-0.4, -0.2) is 34.9 Å². The maximum Gasteiger partial charge on any atom is 0.274 e. The Balaban J connectivity index is 1.30. The summed E-state index contributed by atoms with van der Waals surface area (Å²) in [6.07, 6.45) is 3.40. The number of fused-ring (bicyclic) bond motifs is 1. The predicted molar refractivity (Wildman–Crippen MR) is 138 cm³/mol. The summed E-state index contributed by atoms with van der Waals surface area (Å²) in [6.45, 7) is 2.72. The topological polar surface area (TPSA) is 64.4 Å². The van der Waals surface area contributed by atoms with Crippen molar-refractivity contribution in [2.75, 3.05) is 18.6 Å². The zero-order valence-corrected chi connectivity index (χ0v) is 20.9. The summed E-state index contributed by atoms with van der Waals surface area (Å²) in [5.41, 5.74) is 5.70. The number of rotatable bonds is 7. The molecule has 0 atom stereocenters. The van der Waals surface area contributed by atoms with Gasteiger partial charge >= 0.3 is 0 Å². The molecule has 2 aromatic heterocycles. The van der Waals surface area contributed by atoms with Gasteiger partial charge in [0.25, 0.3) is 5.91 Å². The van der Waals surface area contributed by atoms with E-state index in [9.17, 15) is 9.59 Å². The average Bonchev–Trinajstić information content (AvgIpc) is 3.56.